The minimum atomic E-state index is -1.88. The first-order valence-electron chi connectivity index (χ1n) is 3.52. The van der Waals surface area contributed by atoms with Crippen LogP contribution >= 0.6 is 0 Å². The molecular formula is C6H11FO5. The Bertz CT molecular complexity index is 150. The second-order valence-electron chi connectivity index (χ2n) is 2.67. The lowest BCUT2D eigenvalue weighted by Crippen LogP contribution is -2.56. The van der Waals surface area contributed by atoms with Gasteiger partial charge < -0.3 is 25.2 Å². The molecule has 0 saturated carbocycles. The van der Waals surface area contributed by atoms with Crippen LogP contribution in [0.1, 0.15) is 0 Å². The summed E-state index contributed by atoms with van der Waals surface area (Å²) in [6, 6.07) is 0. The summed E-state index contributed by atoms with van der Waals surface area (Å²) in [5.41, 5.74) is 0. The highest BCUT2D eigenvalue weighted by atomic mass is 19.1. The number of aliphatic hydroxyl groups is 4. The van der Waals surface area contributed by atoms with Crippen molar-refractivity contribution in [2.45, 2.75) is 30.8 Å². The van der Waals surface area contributed by atoms with Gasteiger partial charge in [0, 0.05) is 0 Å². The summed E-state index contributed by atoms with van der Waals surface area (Å²) in [6.07, 6.45) is -8.19. The van der Waals surface area contributed by atoms with E-state index in [-0.39, 0.29) is 0 Å². The Kier molecular flexibility index (Phi) is 2.97. The second-order valence-corrected chi connectivity index (χ2v) is 2.67. The number of aliphatic hydroxyl groups excluding tert-OH is 4. The number of halogens is 1. The highest BCUT2D eigenvalue weighted by molar-refractivity contribution is 4.88. The van der Waals surface area contributed by atoms with Crippen LogP contribution in [0.5, 0.6) is 0 Å². The zero-order chi connectivity index (χ0) is 9.30. The SMILES string of the molecule is OC[C@H]1OC(O)[C@@H](O)[C@@H](O)[C@@H]1F. The van der Waals surface area contributed by atoms with Gasteiger partial charge in [-0.25, -0.2) is 4.39 Å². The zero-order valence-electron chi connectivity index (χ0n) is 6.17. The number of hydrogen-bond donors (Lipinski definition) is 4. The summed E-state index contributed by atoms with van der Waals surface area (Å²) in [6.45, 7) is -0.651. The highest BCUT2D eigenvalue weighted by Gasteiger charge is 2.43. The molecule has 12 heavy (non-hydrogen) atoms. The van der Waals surface area contributed by atoms with Crippen molar-refractivity contribution in [3.05, 3.63) is 0 Å². The van der Waals surface area contributed by atoms with Crippen molar-refractivity contribution in [2.75, 3.05) is 6.61 Å². The first-order valence-corrected chi connectivity index (χ1v) is 3.52. The van der Waals surface area contributed by atoms with Crippen LogP contribution in [0.4, 0.5) is 4.39 Å². The lowest BCUT2D eigenvalue weighted by molar-refractivity contribution is -0.274. The van der Waals surface area contributed by atoms with Gasteiger partial charge in [-0.2, -0.15) is 0 Å². The Morgan fingerprint density at radius 2 is 1.75 bits per heavy atom. The molecule has 72 valence electrons. The molecule has 0 aromatic heterocycles. The van der Waals surface area contributed by atoms with Crippen molar-refractivity contribution in [2.24, 2.45) is 0 Å². The molecule has 0 aromatic carbocycles. The molecule has 1 heterocycles. The number of hydrogen-bond acceptors (Lipinski definition) is 5. The smallest absolute Gasteiger partial charge is 0.184 e. The predicted molar refractivity (Wildman–Crippen MR) is 34.9 cm³/mol. The zero-order valence-corrected chi connectivity index (χ0v) is 6.17. The van der Waals surface area contributed by atoms with Gasteiger partial charge in [0.15, 0.2) is 12.5 Å². The molecule has 1 rings (SSSR count). The Labute approximate surface area is 68.0 Å². The standard InChI is InChI=1S/C6H11FO5/c7-3-2(1-8)12-6(11)5(10)4(3)9/h2-6,8-11H,1H2/t2-,3-,4+,5+,6?/m1/s1. The first kappa shape index (κ1) is 9.82. The van der Waals surface area contributed by atoms with E-state index in [9.17, 15) is 4.39 Å². The van der Waals surface area contributed by atoms with Gasteiger partial charge in [0.2, 0.25) is 0 Å². The molecule has 0 amide bonds. The number of ether oxygens (including phenoxy) is 1. The molecule has 5 atom stereocenters. The molecule has 6 heteroatoms. The van der Waals surface area contributed by atoms with Crippen molar-refractivity contribution in [3.63, 3.8) is 0 Å². The Balaban J connectivity index is 2.63. The third kappa shape index (κ3) is 1.57. The number of alkyl halides is 1. The van der Waals surface area contributed by atoms with Gasteiger partial charge in [-0.15, -0.1) is 0 Å². The minimum Gasteiger partial charge on any atom is -0.394 e. The Hall–Kier alpha value is -0.270. The van der Waals surface area contributed by atoms with E-state index in [1.165, 1.54) is 0 Å². The molecular weight excluding hydrogens is 171 g/mol. The van der Waals surface area contributed by atoms with Crippen LogP contribution in [-0.2, 0) is 4.74 Å². The fraction of sp³-hybridized carbons (Fsp3) is 1.00. The monoisotopic (exact) mass is 182 g/mol. The first-order chi connectivity index (χ1) is 5.57. The van der Waals surface area contributed by atoms with Gasteiger partial charge in [0.05, 0.1) is 6.61 Å². The maximum absolute atomic E-state index is 12.9. The van der Waals surface area contributed by atoms with E-state index in [0.717, 1.165) is 0 Å². The molecule has 0 spiro atoms. The topological polar surface area (TPSA) is 90.2 Å². The van der Waals surface area contributed by atoms with Gasteiger partial charge in [-0.05, 0) is 0 Å². The van der Waals surface area contributed by atoms with Crippen molar-refractivity contribution in [1.29, 1.82) is 0 Å². The molecule has 0 aromatic rings. The van der Waals surface area contributed by atoms with E-state index in [1.807, 2.05) is 0 Å². The molecule has 0 aliphatic carbocycles. The summed E-state index contributed by atoms with van der Waals surface area (Å²) in [4.78, 5) is 0. The van der Waals surface area contributed by atoms with Crippen LogP contribution in [0.3, 0.4) is 0 Å². The third-order valence-electron chi connectivity index (χ3n) is 1.82. The predicted octanol–water partition coefficient (Wildman–Crippen LogP) is -2.24. The maximum Gasteiger partial charge on any atom is 0.184 e. The van der Waals surface area contributed by atoms with Crippen molar-refractivity contribution < 1.29 is 29.6 Å². The Morgan fingerprint density at radius 1 is 1.17 bits per heavy atom. The van der Waals surface area contributed by atoms with Crippen LogP contribution in [0.2, 0.25) is 0 Å². The lowest BCUT2D eigenvalue weighted by atomic mass is 10.0. The largest absolute Gasteiger partial charge is 0.394 e. The highest BCUT2D eigenvalue weighted by Crippen LogP contribution is 2.21. The van der Waals surface area contributed by atoms with E-state index < -0.39 is 37.4 Å². The molecule has 1 unspecified atom stereocenters. The van der Waals surface area contributed by atoms with Gasteiger partial charge in [0.25, 0.3) is 0 Å². The van der Waals surface area contributed by atoms with Gasteiger partial charge in [0.1, 0.15) is 18.3 Å². The summed E-state index contributed by atoms with van der Waals surface area (Å²) in [5, 5.41) is 35.2. The van der Waals surface area contributed by atoms with E-state index in [4.69, 9.17) is 20.4 Å². The average molecular weight is 182 g/mol. The van der Waals surface area contributed by atoms with E-state index in [1.54, 1.807) is 0 Å². The fourth-order valence-corrected chi connectivity index (χ4v) is 1.06. The van der Waals surface area contributed by atoms with Crippen LogP contribution in [0, 0.1) is 0 Å². The molecule has 1 saturated heterocycles. The minimum absolute atomic E-state index is 0.651. The van der Waals surface area contributed by atoms with Gasteiger partial charge >= 0.3 is 0 Å². The van der Waals surface area contributed by atoms with Crippen LogP contribution in [-0.4, -0.2) is 57.8 Å². The molecule has 5 nitrogen and oxygen atoms in total. The van der Waals surface area contributed by atoms with Crippen molar-refractivity contribution in [1.82, 2.24) is 0 Å². The van der Waals surface area contributed by atoms with E-state index in [0.29, 0.717) is 0 Å². The normalized spacial score (nSPS) is 49.2. The second kappa shape index (κ2) is 3.63. The molecule has 4 N–H and O–H groups in total. The van der Waals surface area contributed by atoms with E-state index >= 15 is 0 Å². The third-order valence-corrected chi connectivity index (χ3v) is 1.82. The molecule has 0 bridgehead atoms. The maximum atomic E-state index is 12.9. The molecule has 0 radical (unpaired) electrons. The summed E-state index contributed by atoms with van der Waals surface area (Å²) in [5.74, 6) is 0. The van der Waals surface area contributed by atoms with Crippen molar-refractivity contribution in [3.8, 4) is 0 Å². The molecule has 1 aliphatic rings. The fourth-order valence-electron chi connectivity index (χ4n) is 1.06. The molecule has 1 fully saturated rings. The van der Waals surface area contributed by atoms with Crippen molar-refractivity contribution >= 4 is 0 Å². The lowest BCUT2D eigenvalue weighted by Gasteiger charge is -2.36. The Morgan fingerprint density at radius 3 is 2.25 bits per heavy atom. The van der Waals surface area contributed by atoms with Gasteiger partial charge in [-0.3, -0.25) is 0 Å². The summed E-state index contributed by atoms with van der Waals surface area (Å²) < 4.78 is 17.3. The van der Waals surface area contributed by atoms with Crippen LogP contribution < -0.4 is 0 Å². The number of rotatable bonds is 1. The van der Waals surface area contributed by atoms with Crippen LogP contribution in [0.15, 0.2) is 0 Å². The average Bonchev–Trinajstić information content (AvgIpc) is 2.08. The summed E-state index contributed by atoms with van der Waals surface area (Å²) >= 11 is 0. The van der Waals surface area contributed by atoms with Gasteiger partial charge in [-0.1, -0.05) is 0 Å². The van der Waals surface area contributed by atoms with Crippen LogP contribution in [0.25, 0.3) is 0 Å². The van der Waals surface area contributed by atoms with E-state index in [2.05, 4.69) is 4.74 Å². The quantitative estimate of drug-likeness (QED) is 0.368. The summed E-state index contributed by atoms with van der Waals surface area (Å²) in [7, 11) is 0. The molecule has 1 aliphatic heterocycles.